The lowest BCUT2D eigenvalue weighted by atomic mass is 10.1. The number of anilines is 1. The average Bonchev–Trinajstić information content (AvgIpc) is 2.35. The number of rotatable bonds is 6. The van der Waals surface area contributed by atoms with E-state index in [1.54, 1.807) is 0 Å². The summed E-state index contributed by atoms with van der Waals surface area (Å²) in [5.41, 5.74) is 2.84. The number of para-hydroxylation sites is 1. The molecular formula is C15H23N3. The molecule has 1 aromatic rings. The number of aryl methyl sites for hydroxylation is 1. The van der Waals surface area contributed by atoms with E-state index in [2.05, 4.69) is 37.2 Å². The van der Waals surface area contributed by atoms with Gasteiger partial charge in [0.25, 0.3) is 0 Å². The molecule has 0 heterocycles. The minimum Gasteiger partial charge on any atom is -0.384 e. The molecule has 0 atom stereocenters. The normalized spacial score (nSPS) is 10.7. The highest BCUT2D eigenvalue weighted by Crippen LogP contribution is 2.19. The summed E-state index contributed by atoms with van der Waals surface area (Å²) in [5, 5.41) is 12.4. The lowest BCUT2D eigenvalue weighted by molar-refractivity contribution is 0.273. The van der Waals surface area contributed by atoms with Crippen LogP contribution in [0.5, 0.6) is 0 Å². The van der Waals surface area contributed by atoms with Gasteiger partial charge in [0.1, 0.15) is 6.07 Å². The van der Waals surface area contributed by atoms with E-state index in [0.717, 1.165) is 36.3 Å². The molecule has 0 aromatic heterocycles. The van der Waals surface area contributed by atoms with E-state index in [4.69, 9.17) is 5.26 Å². The lowest BCUT2D eigenvalue weighted by Gasteiger charge is -2.21. The van der Waals surface area contributed by atoms with Crippen molar-refractivity contribution in [2.24, 2.45) is 0 Å². The van der Waals surface area contributed by atoms with E-state index in [0.29, 0.717) is 6.04 Å². The van der Waals surface area contributed by atoms with Gasteiger partial charge in [-0.05, 0) is 52.4 Å². The summed E-state index contributed by atoms with van der Waals surface area (Å²) in [6.07, 6.45) is 1.08. The van der Waals surface area contributed by atoms with Crippen molar-refractivity contribution in [1.82, 2.24) is 4.90 Å². The Kier molecular flexibility index (Phi) is 5.67. The summed E-state index contributed by atoms with van der Waals surface area (Å²) in [7, 11) is 2.14. The van der Waals surface area contributed by atoms with Crippen LogP contribution in [0.2, 0.25) is 0 Å². The van der Waals surface area contributed by atoms with Gasteiger partial charge >= 0.3 is 0 Å². The summed E-state index contributed by atoms with van der Waals surface area (Å²) in [6.45, 7) is 8.39. The van der Waals surface area contributed by atoms with Crippen molar-refractivity contribution < 1.29 is 0 Å². The van der Waals surface area contributed by atoms with Gasteiger partial charge in [0.05, 0.1) is 11.3 Å². The maximum atomic E-state index is 9.06. The fourth-order valence-corrected chi connectivity index (χ4v) is 1.80. The second-order valence-electron chi connectivity index (χ2n) is 4.96. The van der Waals surface area contributed by atoms with Gasteiger partial charge in [0.15, 0.2) is 0 Å². The highest BCUT2D eigenvalue weighted by Gasteiger charge is 2.05. The van der Waals surface area contributed by atoms with E-state index in [1.165, 1.54) is 0 Å². The zero-order chi connectivity index (χ0) is 13.5. The van der Waals surface area contributed by atoms with Crippen LogP contribution in [-0.2, 0) is 0 Å². The van der Waals surface area contributed by atoms with Gasteiger partial charge in [-0.25, -0.2) is 0 Å². The van der Waals surface area contributed by atoms with Gasteiger partial charge in [-0.15, -0.1) is 0 Å². The van der Waals surface area contributed by atoms with Crippen LogP contribution >= 0.6 is 0 Å². The van der Waals surface area contributed by atoms with Crippen molar-refractivity contribution in [2.45, 2.75) is 33.2 Å². The average molecular weight is 245 g/mol. The Labute approximate surface area is 110 Å². The Hall–Kier alpha value is -1.53. The Morgan fingerprint density at radius 1 is 1.39 bits per heavy atom. The van der Waals surface area contributed by atoms with Gasteiger partial charge in [-0.2, -0.15) is 5.26 Å². The molecule has 18 heavy (non-hydrogen) atoms. The summed E-state index contributed by atoms with van der Waals surface area (Å²) < 4.78 is 0. The third kappa shape index (κ3) is 4.05. The van der Waals surface area contributed by atoms with Crippen LogP contribution in [0.3, 0.4) is 0 Å². The highest BCUT2D eigenvalue weighted by atomic mass is 15.1. The molecule has 98 valence electrons. The molecule has 0 saturated heterocycles. The zero-order valence-corrected chi connectivity index (χ0v) is 11.8. The molecule has 0 aliphatic rings. The van der Waals surface area contributed by atoms with Gasteiger partial charge in [-0.1, -0.05) is 12.1 Å². The molecule has 0 bridgehead atoms. The Morgan fingerprint density at radius 2 is 2.11 bits per heavy atom. The predicted octanol–water partition coefficient (Wildman–Crippen LogP) is 3.01. The van der Waals surface area contributed by atoms with Gasteiger partial charge in [0.2, 0.25) is 0 Å². The Morgan fingerprint density at radius 3 is 2.72 bits per heavy atom. The van der Waals surface area contributed by atoms with Crippen LogP contribution in [0.4, 0.5) is 5.69 Å². The summed E-state index contributed by atoms with van der Waals surface area (Å²) >= 11 is 0. The van der Waals surface area contributed by atoms with Crippen molar-refractivity contribution in [2.75, 3.05) is 25.5 Å². The van der Waals surface area contributed by atoms with Gasteiger partial charge < -0.3 is 10.2 Å². The Bertz CT molecular complexity index is 418. The van der Waals surface area contributed by atoms with Crippen molar-refractivity contribution >= 4 is 5.69 Å². The highest BCUT2D eigenvalue weighted by molar-refractivity contribution is 5.62. The SMILES string of the molecule is Cc1cccc(C#N)c1NCCCN(C)C(C)C. The summed E-state index contributed by atoms with van der Waals surface area (Å²) in [4.78, 5) is 2.32. The molecule has 0 spiro atoms. The topological polar surface area (TPSA) is 39.1 Å². The number of nitriles is 1. The molecule has 0 fully saturated rings. The molecule has 1 N–H and O–H groups in total. The third-order valence-electron chi connectivity index (χ3n) is 3.26. The molecule has 1 aromatic carbocycles. The smallest absolute Gasteiger partial charge is 0.101 e. The van der Waals surface area contributed by atoms with Gasteiger partial charge in [0, 0.05) is 12.6 Å². The monoisotopic (exact) mass is 245 g/mol. The number of nitrogens with zero attached hydrogens (tertiary/aromatic N) is 2. The second-order valence-corrected chi connectivity index (χ2v) is 4.96. The quantitative estimate of drug-likeness (QED) is 0.783. The van der Waals surface area contributed by atoms with Crippen LogP contribution in [0.15, 0.2) is 18.2 Å². The number of nitrogens with one attached hydrogen (secondary N) is 1. The molecule has 0 aliphatic carbocycles. The van der Waals surface area contributed by atoms with Crippen LogP contribution in [0.25, 0.3) is 0 Å². The van der Waals surface area contributed by atoms with Gasteiger partial charge in [-0.3, -0.25) is 0 Å². The predicted molar refractivity (Wildman–Crippen MR) is 76.8 cm³/mol. The number of hydrogen-bond acceptors (Lipinski definition) is 3. The van der Waals surface area contributed by atoms with Crippen molar-refractivity contribution in [3.63, 3.8) is 0 Å². The molecule has 0 aliphatic heterocycles. The maximum Gasteiger partial charge on any atom is 0.101 e. The molecular weight excluding hydrogens is 222 g/mol. The van der Waals surface area contributed by atoms with Crippen molar-refractivity contribution in [1.29, 1.82) is 5.26 Å². The first kappa shape index (κ1) is 14.5. The molecule has 3 heteroatoms. The first-order valence-corrected chi connectivity index (χ1v) is 6.50. The summed E-state index contributed by atoms with van der Waals surface area (Å²) in [5.74, 6) is 0. The number of benzene rings is 1. The van der Waals surface area contributed by atoms with Crippen LogP contribution < -0.4 is 5.32 Å². The molecule has 0 unspecified atom stereocenters. The van der Waals surface area contributed by atoms with E-state index in [9.17, 15) is 0 Å². The standard InChI is InChI=1S/C15H23N3/c1-12(2)18(4)10-6-9-17-15-13(3)7-5-8-14(15)11-16/h5,7-8,12,17H,6,9-10H2,1-4H3. The molecule has 0 radical (unpaired) electrons. The van der Waals surface area contributed by atoms with E-state index in [1.807, 2.05) is 25.1 Å². The van der Waals surface area contributed by atoms with E-state index in [-0.39, 0.29) is 0 Å². The zero-order valence-electron chi connectivity index (χ0n) is 11.8. The summed E-state index contributed by atoms with van der Waals surface area (Å²) in [6, 6.07) is 8.62. The third-order valence-corrected chi connectivity index (χ3v) is 3.26. The van der Waals surface area contributed by atoms with Crippen LogP contribution in [-0.4, -0.2) is 31.1 Å². The molecule has 0 saturated carbocycles. The molecule has 0 amide bonds. The second kappa shape index (κ2) is 7.03. The first-order valence-electron chi connectivity index (χ1n) is 6.50. The largest absolute Gasteiger partial charge is 0.384 e. The van der Waals surface area contributed by atoms with Crippen LogP contribution in [0.1, 0.15) is 31.4 Å². The van der Waals surface area contributed by atoms with Crippen molar-refractivity contribution in [3.05, 3.63) is 29.3 Å². The number of hydrogen-bond donors (Lipinski definition) is 1. The minimum absolute atomic E-state index is 0.582. The molecule has 1 rings (SSSR count). The molecule has 3 nitrogen and oxygen atoms in total. The fraction of sp³-hybridized carbons (Fsp3) is 0.533. The lowest BCUT2D eigenvalue weighted by Crippen LogP contribution is -2.28. The fourth-order valence-electron chi connectivity index (χ4n) is 1.80. The minimum atomic E-state index is 0.582. The van der Waals surface area contributed by atoms with Crippen molar-refractivity contribution in [3.8, 4) is 6.07 Å². The Balaban J connectivity index is 2.47. The maximum absolute atomic E-state index is 9.06. The van der Waals surface area contributed by atoms with E-state index < -0.39 is 0 Å². The van der Waals surface area contributed by atoms with Crippen LogP contribution in [0, 0.1) is 18.3 Å². The first-order chi connectivity index (χ1) is 8.56. The van der Waals surface area contributed by atoms with E-state index >= 15 is 0 Å².